The molecule has 0 aliphatic carbocycles. The van der Waals surface area contributed by atoms with Crippen molar-refractivity contribution in [3.8, 4) is 0 Å². The van der Waals surface area contributed by atoms with Crippen LogP contribution in [0.15, 0.2) is 18.5 Å². The second-order valence-electron chi connectivity index (χ2n) is 3.31. The number of halogens is 2. The number of rotatable bonds is 5. The predicted molar refractivity (Wildman–Crippen MR) is 52.5 cm³/mol. The second kappa shape index (κ2) is 5.10. The van der Waals surface area contributed by atoms with Gasteiger partial charge in [-0.2, -0.15) is 0 Å². The quantitative estimate of drug-likeness (QED) is 0.776. The zero-order chi connectivity index (χ0) is 10.6. The van der Waals surface area contributed by atoms with Crippen LogP contribution >= 0.6 is 0 Å². The molecule has 1 rings (SSSR count). The van der Waals surface area contributed by atoms with Gasteiger partial charge in [0.15, 0.2) is 0 Å². The van der Waals surface area contributed by atoms with Crippen LogP contribution in [0.4, 0.5) is 8.78 Å². The van der Waals surface area contributed by atoms with Gasteiger partial charge in [-0.15, -0.1) is 0 Å². The maximum Gasteiger partial charge on any atom is 0.256 e. The molecule has 0 aromatic carbocycles. The van der Waals surface area contributed by atoms with E-state index >= 15 is 0 Å². The molecule has 1 atom stereocenters. The fourth-order valence-corrected chi connectivity index (χ4v) is 1.41. The van der Waals surface area contributed by atoms with Gasteiger partial charge in [0.2, 0.25) is 0 Å². The molecule has 80 valence electrons. The second-order valence-corrected chi connectivity index (χ2v) is 3.31. The van der Waals surface area contributed by atoms with Gasteiger partial charge in [0.1, 0.15) is 0 Å². The van der Waals surface area contributed by atoms with Crippen molar-refractivity contribution in [2.45, 2.75) is 32.9 Å². The minimum Gasteiger partial charge on any atom is -0.348 e. The molecule has 0 spiro atoms. The van der Waals surface area contributed by atoms with Gasteiger partial charge >= 0.3 is 0 Å². The lowest BCUT2D eigenvalue weighted by Gasteiger charge is -2.09. The largest absolute Gasteiger partial charge is 0.348 e. The number of aromatic nitrogens is 1. The maximum absolute atomic E-state index is 12.0. The minimum absolute atomic E-state index is 0.221. The summed E-state index contributed by atoms with van der Waals surface area (Å²) in [7, 11) is 0. The molecular weight excluding hydrogens is 186 g/mol. The highest BCUT2D eigenvalue weighted by Crippen LogP contribution is 2.13. The summed E-state index contributed by atoms with van der Waals surface area (Å²) in [5, 5.41) is 3.23. The monoisotopic (exact) mass is 202 g/mol. The van der Waals surface area contributed by atoms with E-state index in [0.717, 1.165) is 12.1 Å². The molecule has 0 bridgehead atoms. The average Bonchev–Trinajstić information content (AvgIpc) is 2.52. The Bertz CT molecular complexity index is 271. The van der Waals surface area contributed by atoms with Gasteiger partial charge in [-0.3, -0.25) is 0 Å². The van der Waals surface area contributed by atoms with Crippen molar-refractivity contribution in [2.75, 3.05) is 6.54 Å². The third-order valence-electron chi connectivity index (χ3n) is 2.13. The Hall–Kier alpha value is -0.900. The average molecular weight is 202 g/mol. The molecule has 1 N–H and O–H groups in total. The van der Waals surface area contributed by atoms with Crippen LogP contribution in [0.25, 0.3) is 0 Å². The Balaban J connectivity index is 2.58. The molecule has 1 aromatic heterocycles. The SMILES string of the molecule is CCNC(C)c1ccn(CC(F)F)c1. The van der Waals surface area contributed by atoms with E-state index in [2.05, 4.69) is 5.32 Å². The molecule has 4 heteroatoms. The molecule has 0 radical (unpaired) electrons. The summed E-state index contributed by atoms with van der Waals surface area (Å²) < 4.78 is 25.6. The first-order valence-corrected chi connectivity index (χ1v) is 4.80. The highest BCUT2D eigenvalue weighted by atomic mass is 19.3. The van der Waals surface area contributed by atoms with Crippen LogP contribution in [0.1, 0.15) is 25.5 Å². The number of hydrogen-bond acceptors (Lipinski definition) is 1. The molecule has 0 aliphatic rings. The standard InChI is InChI=1S/C10H16F2N2/c1-3-13-8(2)9-4-5-14(6-9)7-10(11)12/h4-6,8,10,13H,3,7H2,1-2H3. The number of nitrogens with zero attached hydrogens (tertiary/aromatic N) is 1. The summed E-state index contributed by atoms with van der Waals surface area (Å²) in [5.41, 5.74) is 1.05. The van der Waals surface area contributed by atoms with Gasteiger partial charge < -0.3 is 9.88 Å². The van der Waals surface area contributed by atoms with E-state index in [9.17, 15) is 8.78 Å². The Morgan fingerprint density at radius 1 is 1.50 bits per heavy atom. The van der Waals surface area contributed by atoms with E-state index in [0.29, 0.717) is 0 Å². The summed E-state index contributed by atoms with van der Waals surface area (Å²) in [5.74, 6) is 0. The Morgan fingerprint density at radius 2 is 2.21 bits per heavy atom. The molecule has 2 nitrogen and oxygen atoms in total. The molecule has 14 heavy (non-hydrogen) atoms. The van der Waals surface area contributed by atoms with Gasteiger partial charge in [-0.1, -0.05) is 6.92 Å². The Kier molecular flexibility index (Phi) is 4.07. The van der Waals surface area contributed by atoms with Crippen LogP contribution in [0.2, 0.25) is 0 Å². The molecule has 0 saturated heterocycles. The smallest absolute Gasteiger partial charge is 0.256 e. The van der Waals surface area contributed by atoms with Crippen molar-refractivity contribution >= 4 is 0 Å². The van der Waals surface area contributed by atoms with Crippen molar-refractivity contribution in [3.05, 3.63) is 24.0 Å². The van der Waals surface area contributed by atoms with Crippen LogP contribution in [0.5, 0.6) is 0 Å². The normalized spacial score (nSPS) is 13.5. The third-order valence-corrected chi connectivity index (χ3v) is 2.13. The van der Waals surface area contributed by atoms with Gasteiger partial charge in [-0.25, -0.2) is 8.78 Å². The predicted octanol–water partition coefficient (Wildman–Crippen LogP) is 2.42. The lowest BCUT2D eigenvalue weighted by molar-refractivity contribution is 0.126. The van der Waals surface area contributed by atoms with E-state index in [-0.39, 0.29) is 12.6 Å². The fraction of sp³-hybridized carbons (Fsp3) is 0.600. The van der Waals surface area contributed by atoms with Crippen molar-refractivity contribution in [1.29, 1.82) is 0 Å². The zero-order valence-corrected chi connectivity index (χ0v) is 8.50. The molecule has 1 unspecified atom stereocenters. The molecular formula is C10H16F2N2. The van der Waals surface area contributed by atoms with Crippen LogP contribution < -0.4 is 5.32 Å². The first-order valence-electron chi connectivity index (χ1n) is 4.80. The first kappa shape index (κ1) is 11.2. The Labute approximate surface area is 82.9 Å². The van der Waals surface area contributed by atoms with E-state index < -0.39 is 6.43 Å². The van der Waals surface area contributed by atoms with Crippen molar-refractivity contribution in [1.82, 2.24) is 9.88 Å². The van der Waals surface area contributed by atoms with Crippen molar-refractivity contribution in [2.24, 2.45) is 0 Å². The molecule has 0 fully saturated rings. The summed E-state index contributed by atoms with van der Waals surface area (Å²) in [6, 6.07) is 2.09. The van der Waals surface area contributed by atoms with Gasteiger partial charge in [0.05, 0.1) is 6.54 Å². The highest BCUT2D eigenvalue weighted by Gasteiger charge is 2.07. The van der Waals surface area contributed by atoms with E-state index in [1.54, 1.807) is 12.4 Å². The van der Waals surface area contributed by atoms with E-state index in [4.69, 9.17) is 0 Å². The van der Waals surface area contributed by atoms with E-state index in [1.807, 2.05) is 19.9 Å². The van der Waals surface area contributed by atoms with Crippen LogP contribution in [0.3, 0.4) is 0 Å². The molecule has 0 amide bonds. The summed E-state index contributed by atoms with van der Waals surface area (Å²) >= 11 is 0. The van der Waals surface area contributed by atoms with Crippen LogP contribution in [-0.4, -0.2) is 17.5 Å². The Morgan fingerprint density at radius 3 is 2.79 bits per heavy atom. The van der Waals surface area contributed by atoms with Gasteiger partial charge in [-0.05, 0) is 25.1 Å². The minimum atomic E-state index is -2.29. The molecule has 1 heterocycles. The molecule has 0 saturated carbocycles. The lowest BCUT2D eigenvalue weighted by atomic mass is 10.2. The van der Waals surface area contributed by atoms with Crippen molar-refractivity contribution in [3.63, 3.8) is 0 Å². The maximum atomic E-state index is 12.0. The van der Waals surface area contributed by atoms with Gasteiger partial charge in [0, 0.05) is 18.4 Å². The number of hydrogen-bond donors (Lipinski definition) is 1. The molecule has 0 aliphatic heterocycles. The third kappa shape index (κ3) is 3.10. The number of alkyl halides is 2. The summed E-state index contributed by atoms with van der Waals surface area (Å²) in [4.78, 5) is 0. The van der Waals surface area contributed by atoms with Gasteiger partial charge in [0.25, 0.3) is 6.43 Å². The highest BCUT2D eigenvalue weighted by molar-refractivity contribution is 5.14. The fourth-order valence-electron chi connectivity index (χ4n) is 1.41. The zero-order valence-electron chi connectivity index (χ0n) is 8.50. The topological polar surface area (TPSA) is 17.0 Å². The summed E-state index contributed by atoms with van der Waals surface area (Å²) in [6.07, 6.45) is 1.17. The molecule has 1 aromatic rings. The van der Waals surface area contributed by atoms with E-state index in [1.165, 1.54) is 4.57 Å². The summed E-state index contributed by atoms with van der Waals surface area (Å²) in [6.45, 7) is 4.69. The lowest BCUT2D eigenvalue weighted by Crippen LogP contribution is -2.17. The first-order chi connectivity index (χ1) is 6.63. The van der Waals surface area contributed by atoms with Crippen molar-refractivity contribution < 1.29 is 8.78 Å². The van der Waals surface area contributed by atoms with Crippen LogP contribution in [-0.2, 0) is 6.54 Å². The van der Waals surface area contributed by atoms with Crippen LogP contribution in [0, 0.1) is 0 Å². The number of nitrogens with one attached hydrogen (secondary N) is 1.